The quantitative estimate of drug-likeness (QED) is 0.120. The van der Waals surface area contributed by atoms with E-state index in [2.05, 4.69) is 6.92 Å². The standard InChI is InChI=1S/C41H63NO14.ClH/c1-10-20(4)33(45)55-32-27(44)26-22(18-42-17-19(3)12-13-24(42)38(26,8)50)23-16-40-31(41(23,32)51)29(52-21(5)43)28(54-35(47)48)30-36(40,6)15-14-25(39(30,9)56-40)53-34(46)37(7,49)11-2;/h19-20,22-32,44,49-51H,10-18H2,1-9H3,(H,47,48);1H/t19-,20?,22?,23?,24-,25-,26?,27+,28?,29?,30?,31?,32-,36-,37?,38?,39+,40+,41-;/m0./s1. The Kier molecular flexibility index (Phi) is 11.2. The highest BCUT2D eigenvalue weighted by Crippen LogP contribution is 2.78. The van der Waals surface area contributed by atoms with E-state index in [1.165, 1.54) is 13.8 Å². The zero-order valence-electron chi connectivity index (χ0n) is 34.7. The Bertz CT molecular complexity index is 1630. The van der Waals surface area contributed by atoms with Crippen LogP contribution in [0.2, 0.25) is 0 Å². The van der Waals surface area contributed by atoms with Crippen LogP contribution < -0.4 is 17.3 Å². The van der Waals surface area contributed by atoms with Gasteiger partial charge >= 0.3 is 24.1 Å². The summed E-state index contributed by atoms with van der Waals surface area (Å²) in [5.74, 6) is -6.92. The van der Waals surface area contributed by atoms with Crippen LogP contribution in [0.25, 0.3) is 0 Å². The molecule has 4 saturated carbocycles. The van der Waals surface area contributed by atoms with Gasteiger partial charge in [0.1, 0.15) is 47.3 Å². The number of ether oxygens (including phenoxy) is 5. The third-order valence-corrected chi connectivity index (χ3v) is 16.6. The number of carbonyl (C=O) groups is 4. The molecule has 3 aliphatic heterocycles. The molecule has 6 N–H and O–H groups in total. The molecule has 57 heavy (non-hydrogen) atoms. The second kappa shape index (κ2) is 14.4. The van der Waals surface area contributed by atoms with Gasteiger partial charge in [-0.05, 0) is 59.3 Å². The Hall–Kier alpha value is -2.27. The minimum Gasteiger partial charge on any atom is -1.00 e. The number of carboxylic acid groups (broad SMARTS) is 1. The van der Waals surface area contributed by atoms with Crippen LogP contribution in [-0.2, 0) is 38.1 Å². The maximum Gasteiger partial charge on any atom is 0.506 e. The molecule has 3 saturated heterocycles. The predicted octanol–water partition coefficient (Wildman–Crippen LogP) is -1.60. The number of nitrogens with one attached hydrogen (secondary N) is 1. The van der Waals surface area contributed by atoms with Crippen LogP contribution in [-0.4, -0.2) is 127 Å². The van der Waals surface area contributed by atoms with Gasteiger partial charge in [-0.3, -0.25) is 9.59 Å². The number of carbonyl (C=O) groups excluding carboxylic acids is 3. The summed E-state index contributed by atoms with van der Waals surface area (Å²) < 4.78 is 31.6. The molecule has 4 bridgehead atoms. The molecule has 20 atom stereocenters. The lowest BCUT2D eigenvalue weighted by atomic mass is 9.47. The fraction of sp³-hybridized carbons (Fsp3) is 0.902. The van der Waals surface area contributed by atoms with Gasteiger partial charge in [0.15, 0.2) is 11.7 Å². The number of fused-ring (bicyclic) bond motifs is 5. The van der Waals surface area contributed by atoms with Gasteiger partial charge in [-0.1, -0.05) is 34.6 Å². The highest BCUT2D eigenvalue weighted by molar-refractivity contribution is 5.79. The average Bonchev–Trinajstić information content (AvgIpc) is 3.40. The van der Waals surface area contributed by atoms with Crippen molar-refractivity contribution >= 4 is 24.1 Å². The first kappa shape index (κ1) is 44.3. The van der Waals surface area contributed by atoms with Gasteiger partial charge in [-0.25, -0.2) is 9.59 Å². The maximum absolute atomic E-state index is 13.9. The summed E-state index contributed by atoms with van der Waals surface area (Å²) in [7, 11) is 0. The van der Waals surface area contributed by atoms with Crippen molar-refractivity contribution in [3.05, 3.63) is 0 Å². The molecule has 7 fully saturated rings. The van der Waals surface area contributed by atoms with Crippen molar-refractivity contribution in [2.24, 2.45) is 46.8 Å². The van der Waals surface area contributed by atoms with Crippen LogP contribution in [0, 0.1) is 46.8 Å². The molecule has 7 rings (SSSR count). The largest absolute Gasteiger partial charge is 1.00 e. The lowest BCUT2D eigenvalue weighted by Gasteiger charge is -2.62. The van der Waals surface area contributed by atoms with E-state index >= 15 is 0 Å². The molecule has 3 heterocycles. The summed E-state index contributed by atoms with van der Waals surface area (Å²) in [4.78, 5) is 54.2. The van der Waals surface area contributed by atoms with E-state index < -0.39 is 124 Å². The summed E-state index contributed by atoms with van der Waals surface area (Å²) in [6, 6.07) is -0.214. The minimum absolute atomic E-state index is 0. The smallest absolute Gasteiger partial charge is 0.506 e. The van der Waals surface area contributed by atoms with Crippen LogP contribution in [0.5, 0.6) is 0 Å². The Labute approximate surface area is 340 Å². The highest BCUT2D eigenvalue weighted by atomic mass is 35.5. The number of aliphatic hydroxyl groups excluding tert-OH is 1. The van der Waals surface area contributed by atoms with Gasteiger partial charge in [0.05, 0.1) is 30.5 Å². The van der Waals surface area contributed by atoms with E-state index in [4.69, 9.17) is 23.7 Å². The normalized spacial score (nSPS) is 50.6. The number of piperidine rings is 2. The van der Waals surface area contributed by atoms with E-state index in [0.29, 0.717) is 25.3 Å². The van der Waals surface area contributed by atoms with E-state index in [1.54, 1.807) is 27.7 Å². The topological polar surface area (TPSA) is 220 Å². The molecule has 1 spiro atoms. The van der Waals surface area contributed by atoms with Crippen LogP contribution in [0.1, 0.15) is 107 Å². The van der Waals surface area contributed by atoms with Crippen molar-refractivity contribution in [2.75, 3.05) is 13.1 Å². The van der Waals surface area contributed by atoms with E-state index in [0.717, 1.165) is 24.3 Å². The Morgan fingerprint density at radius 3 is 2.21 bits per heavy atom. The molecule has 0 amide bonds. The van der Waals surface area contributed by atoms with Gasteiger partial charge < -0.3 is 66.5 Å². The number of aliphatic hydroxyl groups is 4. The molecule has 4 aliphatic carbocycles. The molecule has 0 aromatic rings. The van der Waals surface area contributed by atoms with Crippen LogP contribution in [0.3, 0.4) is 0 Å². The number of quaternary nitrogens is 1. The van der Waals surface area contributed by atoms with Crippen molar-refractivity contribution in [3.63, 3.8) is 0 Å². The zero-order chi connectivity index (χ0) is 41.3. The van der Waals surface area contributed by atoms with Gasteiger partial charge in [0.2, 0.25) is 0 Å². The summed E-state index contributed by atoms with van der Waals surface area (Å²) >= 11 is 0. The summed E-state index contributed by atoms with van der Waals surface area (Å²) in [6.45, 7) is 16.5. The van der Waals surface area contributed by atoms with Crippen molar-refractivity contribution in [3.8, 4) is 0 Å². The summed E-state index contributed by atoms with van der Waals surface area (Å²) in [5.41, 5.74) is -9.36. The lowest BCUT2D eigenvalue weighted by molar-refractivity contribution is -0.954. The first-order valence-corrected chi connectivity index (χ1v) is 20.8. The average molecular weight is 830 g/mol. The number of rotatable bonds is 8. The van der Waals surface area contributed by atoms with E-state index in [-0.39, 0.29) is 37.7 Å². The number of halogens is 1. The third-order valence-electron chi connectivity index (χ3n) is 16.6. The van der Waals surface area contributed by atoms with E-state index in [1.807, 2.05) is 13.8 Å². The van der Waals surface area contributed by atoms with Gasteiger partial charge in [0, 0.05) is 48.3 Å². The van der Waals surface area contributed by atoms with Crippen LogP contribution in [0.15, 0.2) is 0 Å². The van der Waals surface area contributed by atoms with E-state index in [9.17, 15) is 44.7 Å². The second-order valence-electron chi connectivity index (χ2n) is 19.6. The molecule has 0 aromatic heterocycles. The Morgan fingerprint density at radius 1 is 0.965 bits per heavy atom. The zero-order valence-corrected chi connectivity index (χ0v) is 35.4. The van der Waals surface area contributed by atoms with Crippen molar-refractivity contribution in [2.45, 2.75) is 172 Å². The maximum atomic E-state index is 13.9. The fourth-order valence-corrected chi connectivity index (χ4v) is 13.8. The van der Waals surface area contributed by atoms with Gasteiger partial charge in [-0.2, -0.15) is 0 Å². The molecule has 7 aliphatic rings. The fourth-order valence-electron chi connectivity index (χ4n) is 13.8. The SMILES string of the molecule is CCC(C)C(=O)O[C@H]1[C@H](O)C2C(C[NH+]3C[C@@H](C)CC[C@H]3C2(C)O)C2C[C@@]34O[C@@]5(C)C(C(OC(=O)O)C(OC(C)=O)C3[C@@]21O)[C@]4(C)CC[C@@H]5OC(=O)C(C)(O)CC.[Cl-]. The molecule has 15 nitrogen and oxygen atoms in total. The molecule has 0 aromatic carbocycles. The number of hydrogen-bond acceptors (Lipinski definition) is 13. The molecule has 16 heteroatoms. The Balaban J connectivity index is 0.00000549. The third kappa shape index (κ3) is 6.08. The number of esters is 3. The lowest BCUT2D eigenvalue weighted by Crippen LogP contribution is -3.22. The van der Waals surface area contributed by atoms with Crippen LogP contribution in [0.4, 0.5) is 4.79 Å². The first-order valence-electron chi connectivity index (χ1n) is 20.8. The van der Waals surface area contributed by atoms with Gasteiger partial charge in [0.25, 0.3) is 0 Å². The first-order chi connectivity index (χ1) is 26.0. The van der Waals surface area contributed by atoms with Crippen molar-refractivity contribution in [1.29, 1.82) is 0 Å². The number of hydrogen-bond donors (Lipinski definition) is 6. The molecule has 324 valence electrons. The Morgan fingerprint density at radius 2 is 1.61 bits per heavy atom. The minimum atomic E-state index is -2.19. The summed E-state index contributed by atoms with van der Waals surface area (Å²) in [5, 5.41) is 60.4. The second-order valence-corrected chi connectivity index (χ2v) is 19.6. The molecular weight excluding hydrogens is 766 g/mol. The van der Waals surface area contributed by atoms with Gasteiger partial charge in [-0.15, -0.1) is 0 Å². The summed E-state index contributed by atoms with van der Waals surface area (Å²) in [6.07, 6.45) is -6.02. The van der Waals surface area contributed by atoms with Crippen LogP contribution >= 0.6 is 0 Å². The highest BCUT2D eigenvalue weighted by Gasteiger charge is 2.89. The molecular formula is C41H64ClNO14. The van der Waals surface area contributed by atoms with Crippen molar-refractivity contribution in [1.82, 2.24) is 0 Å². The molecule has 11 unspecified atom stereocenters. The monoisotopic (exact) mass is 829 g/mol. The predicted molar refractivity (Wildman–Crippen MR) is 195 cm³/mol. The van der Waals surface area contributed by atoms with Crippen molar-refractivity contribution < 1.29 is 85.7 Å². The molecule has 0 radical (unpaired) electrons.